The van der Waals surface area contributed by atoms with Gasteiger partial charge >= 0.3 is 5.97 Å². The molecular weight excluding hydrogens is 367 g/mol. The highest BCUT2D eigenvalue weighted by Crippen LogP contribution is 2.20. The fourth-order valence-electron chi connectivity index (χ4n) is 1.37. The second-order valence-corrected chi connectivity index (χ2v) is 6.07. The molecule has 0 N–H and O–H groups in total. The third kappa shape index (κ3) is 4.22. The van der Waals surface area contributed by atoms with E-state index in [2.05, 4.69) is 19.9 Å². The molecule has 2 aromatic heterocycles. The molecule has 10 heteroatoms. The molecule has 2 rings (SSSR count). The van der Waals surface area contributed by atoms with Gasteiger partial charge in [-0.3, -0.25) is 0 Å². The molecule has 0 aliphatic heterocycles. The van der Waals surface area contributed by atoms with E-state index in [0.29, 0.717) is 15.9 Å². The zero-order chi connectivity index (χ0) is 16.1. The standard InChI is InChI=1S/C12H10Cl2N4O2S2/c1-21-11-15-3-6(8(13)17-11)5-20-10(19)7-4-16-12(22-2)18-9(7)14/h3-4H,5H2,1-2H3. The van der Waals surface area contributed by atoms with Crippen molar-refractivity contribution in [2.45, 2.75) is 16.9 Å². The summed E-state index contributed by atoms with van der Waals surface area (Å²) in [5.74, 6) is -0.636. The summed E-state index contributed by atoms with van der Waals surface area (Å²) in [5.41, 5.74) is 0.600. The van der Waals surface area contributed by atoms with Crippen LogP contribution in [0, 0.1) is 0 Å². The molecule has 2 heterocycles. The van der Waals surface area contributed by atoms with Gasteiger partial charge in [-0.1, -0.05) is 46.7 Å². The predicted molar refractivity (Wildman–Crippen MR) is 86.8 cm³/mol. The second kappa shape index (κ2) is 7.96. The summed E-state index contributed by atoms with van der Waals surface area (Å²) in [6.45, 7) is -0.0626. The average Bonchev–Trinajstić information content (AvgIpc) is 2.53. The van der Waals surface area contributed by atoms with E-state index in [-0.39, 0.29) is 22.5 Å². The second-order valence-electron chi connectivity index (χ2n) is 3.81. The van der Waals surface area contributed by atoms with E-state index in [4.69, 9.17) is 27.9 Å². The van der Waals surface area contributed by atoms with Crippen molar-refractivity contribution in [3.8, 4) is 0 Å². The summed E-state index contributed by atoms with van der Waals surface area (Å²) in [5, 5.41) is 1.31. The maximum absolute atomic E-state index is 12.0. The normalized spacial score (nSPS) is 10.5. The number of hydrogen-bond donors (Lipinski definition) is 0. The minimum Gasteiger partial charge on any atom is -0.457 e. The number of nitrogens with zero attached hydrogens (tertiary/aromatic N) is 4. The van der Waals surface area contributed by atoms with E-state index in [1.165, 1.54) is 35.9 Å². The van der Waals surface area contributed by atoms with E-state index in [1.54, 1.807) is 0 Å². The van der Waals surface area contributed by atoms with Gasteiger partial charge < -0.3 is 4.74 Å². The van der Waals surface area contributed by atoms with Gasteiger partial charge in [0.1, 0.15) is 22.5 Å². The number of thioether (sulfide) groups is 2. The Kier molecular flexibility index (Phi) is 6.25. The highest BCUT2D eigenvalue weighted by atomic mass is 35.5. The molecule has 2 aromatic rings. The number of hydrogen-bond acceptors (Lipinski definition) is 8. The monoisotopic (exact) mass is 376 g/mol. The Morgan fingerprint density at radius 1 is 1.09 bits per heavy atom. The Bertz CT molecular complexity index is 703. The third-order valence-corrected chi connectivity index (χ3v) is 4.19. The largest absolute Gasteiger partial charge is 0.457 e. The molecule has 0 atom stereocenters. The molecule has 0 saturated heterocycles. The van der Waals surface area contributed by atoms with Crippen LogP contribution >= 0.6 is 46.7 Å². The molecule has 0 aromatic carbocycles. The van der Waals surface area contributed by atoms with Crippen LogP contribution in [0.5, 0.6) is 0 Å². The van der Waals surface area contributed by atoms with Crippen LogP contribution in [-0.2, 0) is 11.3 Å². The summed E-state index contributed by atoms with van der Waals surface area (Å²) in [6.07, 6.45) is 6.50. The number of aromatic nitrogens is 4. The van der Waals surface area contributed by atoms with Crippen molar-refractivity contribution in [1.29, 1.82) is 0 Å². The zero-order valence-corrected chi connectivity index (χ0v) is 14.7. The lowest BCUT2D eigenvalue weighted by Crippen LogP contribution is -2.09. The maximum Gasteiger partial charge on any atom is 0.343 e. The fourth-order valence-corrected chi connectivity index (χ4v) is 2.54. The highest BCUT2D eigenvalue weighted by Gasteiger charge is 2.16. The number of rotatable bonds is 5. The number of carbonyl (C=O) groups excluding carboxylic acids is 1. The van der Waals surface area contributed by atoms with Crippen molar-refractivity contribution in [3.63, 3.8) is 0 Å². The summed E-state index contributed by atoms with van der Waals surface area (Å²) >= 11 is 14.6. The Morgan fingerprint density at radius 2 is 1.68 bits per heavy atom. The van der Waals surface area contributed by atoms with Gasteiger partial charge in [0.05, 0.1) is 0 Å². The lowest BCUT2D eigenvalue weighted by atomic mass is 10.3. The SMILES string of the molecule is CSc1ncc(COC(=O)c2cnc(SC)nc2Cl)c(Cl)n1. The smallest absolute Gasteiger partial charge is 0.343 e. The van der Waals surface area contributed by atoms with Crippen LogP contribution in [0.25, 0.3) is 0 Å². The van der Waals surface area contributed by atoms with Crippen molar-refractivity contribution >= 4 is 52.7 Å². The quantitative estimate of drug-likeness (QED) is 0.340. The van der Waals surface area contributed by atoms with Gasteiger partial charge in [0.15, 0.2) is 10.3 Å². The Balaban J connectivity index is 2.07. The topological polar surface area (TPSA) is 77.9 Å². The summed E-state index contributed by atoms with van der Waals surface area (Å²) < 4.78 is 5.14. The first-order chi connectivity index (χ1) is 10.5. The van der Waals surface area contributed by atoms with Crippen molar-refractivity contribution in [1.82, 2.24) is 19.9 Å². The molecule has 0 unspecified atom stereocenters. The maximum atomic E-state index is 12.0. The zero-order valence-electron chi connectivity index (χ0n) is 11.5. The minimum atomic E-state index is -0.636. The molecule has 0 spiro atoms. The van der Waals surface area contributed by atoms with E-state index in [1.807, 2.05) is 12.5 Å². The molecule has 0 aliphatic rings. The lowest BCUT2D eigenvalue weighted by Gasteiger charge is -2.07. The van der Waals surface area contributed by atoms with Crippen molar-refractivity contribution in [2.75, 3.05) is 12.5 Å². The molecule has 0 saturated carbocycles. The van der Waals surface area contributed by atoms with Gasteiger partial charge in [0, 0.05) is 18.0 Å². The molecular formula is C12H10Cl2N4O2S2. The van der Waals surface area contributed by atoms with Crippen LogP contribution in [0.1, 0.15) is 15.9 Å². The first-order valence-electron chi connectivity index (χ1n) is 5.84. The summed E-state index contributed by atoms with van der Waals surface area (Å²) in [6, 6.07) is 0. The molecule has 0 radical (unpaired) electrons. The van der Waals surface area contributed by atoms with Gasteiger partial charge in [-0.2, -0.15) is 0 Å². The van der Waals surface area contributed by atoms with Crippen LogP contribution in [0.3, 0.4) is 0 Å². The van der Waals surface area contributed by atoms with Gasteiger partial charge in [-0.15, -0.1) is 0 Å². The van der Waals surface area contributed by atoms with E-state index < -0.39 is 5.97 Å². The van der Waals surface area contributed by atoms with Crippen LogP contribution in [0.2, 0.25) is 10.3 Å². The van der Waals surface area contributed by atoms with Gasteiger partial charge in [0.25, 0.3) is 0 Å². The highest BCUT2D eigenvalue weighted by molar-refractivity contribution is 7.98. The summed E-state index contributed by atoms with van der Waals surface area (Å²) in [7, 11) is 0. The van der Waals surface area contributed by atoms with Crippen LogP contribution in [-0.4, -0.2) is 38.4 Å². The van der Waals surface area contributed by atoms with Crippen LogP contribution < -0.4 is 0 Å². The predicted octanol–water partition coefficient (Wildman–Crippen LogP) is 3.37. The van der Waals surface area contributed by atoms with Crippen molar-refractivity contribution in [2.24, 2.45) is 0 Å². The Morgan fingerprint density at radius 3 is 2.23 bits per heavy atom. The van der Waals surface area contributed by atoms with Gasteiger partial charge in [-0.25, -0.2) is 24.7 Å². The average molecular weight is 377 g/mol. The Labute approximate surface area is 145 Å². The molecule has 0 aliphatic carbocycles. The molecule has 0 amide bonds. The van der Waals surface area contributed by atoms with Gasteiger partial charge in [-0.05, 0) is 12.5 Å². The number of esters is 1. The third-order valence-electron chi connectivity index (χ3n) is 2.45. The van der Waals surface area contributed by atoms with Crippen molar-refractivity contribution in [3.05, 3.63) is 33.8 Å². The van der Waals surface area contributed by atoms with E-state index in [9.17, 15) is 4.79 Å². The van der Waals surface area contributed by atoms with Gasteiger partial charge in [0.2, 0.25) is 0 Å². The van der Waals surface area contributed by atoms with E-state index in [0.717, 1.165) is 0 Å². The van der Waals surface area contributed by atoms with Crippen LogP contribution in [0.15, 0.2) is 22.7 Å². The fraction of sp³-hybridized carbons (Fsp3) is 0.250. The molecule has 6 nitrogen and oxygen atoms in total. The minimum absolute atomic E-state index is 0.0458. The molecule has 116 valence electrons. The first-order valence-corrected chi connectivity index (χ1v) is 9.04. The number of ether oxygens (including phenoxy) is 1. The van der Waals surface area contributed by atoms with E-state index >= 15 is 0 Å². The summed E-state index contributed by atoms with van der Waals surface area (Å²) in [4.78, 5) is 28.1. The Hall–Kier alpha value is -1.09. The molecule has 0 bridgehead atoms. The van der Waals surface area contributed by atoms with Crippen molar-refractivity contribution < 1.29 is 9.53 Å². The number of carbonyl (C=O) groups is 1. The van der Waals surface area contributed by atoms with Crippen LogP contribution in [0.4, 0.5) is 0 Å². The number of halogens is 2. The molecule has 22 heavy (non-hydrogen) atoms. The lowest BCUT2D eigenvalue weighted by molar-refractivity contribution is 0.0471. The molecule has 0 fully saturated rings. The first kappa shape index (κ1) is 17.3.